The molecule has 0 radical (unpaired) electrons. The van der Waals surface area contributed by atoms with E-state index < -0.39 is 0 Å². The molecule has 2 saturated carbocycles. The van der Waals surface area contributed by atoms with Gasteiger partial charge in [-0.3, -0.25) is 4.79 Å². The van der Waals surface area contributed by atoms with Crippen LogP contribution >= 0.6 is 0 Å². The third-order valence-electron chi connectivity index (χ3n) is 5.99. The molecular weight excluding hydrogens is 368 g/mol. The van der Waals surface area contributed by atoms with E-state index in [9.17, 15) is 4.79 Å². The van der Waals surface area contributed by atoms with E-state index in [1.54, 1.807) is 29.2 Å². The maximum Gasteiger partial charge on any atom is 0.246 e. The fourth-order valence-corrected chi connectivity index (χ4v) is 3.98. The van der Waals surface area contributed by atoms with E-state index in [-0.39, 0.29) is 12.5 Å². The lowest BCUT2D eigenvalue weighted by molar-refractivity contribution is -0.116. The van der Waals surface area contributed by atoms with Crippen LogP contribution < -0.4 is 10.2 Å². The molecule has 0 saturated heterocycles. The van der Waals surface area contributed by atoms with Gasteiger partial charge < -0.3 is 10.2 Å². The van der Waals surface area contributed by atoms with E-state index in [1.165, 1.54) is 31.9 Å². The number of hydrogen-bond acceptors (Lipinski definition) is 7. The van der Waals surface area contributed by atoms with Crippen molar-refractivity contribution in [3.8, 4) is 6.07 Å². The maximum absolute atomic E-state index is 12.4. The zero-order chi connectivity index (χ0) is 20.0. The van der Waals surface area contributed by atoms with Gasteiger partial charge in [-0.2, -0.15) is 10.4 Å². The SMILES string of the molecule is CN(c1cnc2cnn(CC(=O)Nc3ccc(C#N)nc3)c2n1)C1CC2(CC2)C1. The number of carbonyl (C=O) groups excluding carboxylic acids is 1. The molecule has 0 aromatic carbocycles. The molecular formula is C20H20N8O. The van der Waals surface area contributed by atoms with Crippen LogP contribution in [-0.4, -0.2) is 43.7 Å². The number of aromatic nitrogens is 5. The largest absolute Gasteiger partial charge is 0.355 e. The Balaban J connectivity index is 1.30. The van der Waals surface area contributed by atoms with Gasteiger partial charge in [0.05, 0.1) is 24.3 Å². The van der Waals surface area contributed by atoms with Gasteiger partial charge in [0.1, 0.15) is 29.6 Å². The predicted octanol–water partition coefficient (Wildman–Crippen LogP) is 2.11. The van der Waals surface area contributed by atoms with Crippen LogP contribution in [0.3, 0.4) is 0 Å². The van der Waals surface area contributed by atoms with Crippen molar-refractivity contribution in [3.63, 3.8) is 0 Å². The molecule has 1 amide bonds. The van der Waals surface area contributed by atoms with Crippen molar-refractivity contribution in [2.24, 2.45) is 5.41 Å². The number of carbonyl (C=O) groups is 1. The van der Waals surface area contributed by atoms with E-state index in [0.717, 1.165) is 5.82 Å². The molecule has 0 atom stereocenters. The molecule has 3 aromatic heterocycles. The Hall–Kier alpha value is -3.54. The minimum Gasteiger partial charge on any atom is -0.355 e. The van der Waals surface area contributed by atoms with Crippen LogP contribution in [0.4, 0.5) is 11.5 Å². The summed E-state index contributed by atoms with van der Waals surface area (Å²) in [5.41, 5.74) is 2.68. The summed E-state index contributed by atoms with van der Waals surface area (Å²) in [6.07, 6.45) is 10.0. The number of rotatable bonds is 5. The molecule has 29 heavy (non-hydrogen) atoms. The van der Waals surface area contributed by atoms with E-state index in [2.05, 4.69) is 32.3 Å². The van der Waals surface area contributed by atoms with E-state index in [0.29, 0.717) is 34.0 Å². The Labute approximate surface area is 167 Å². The number of amides is 1. The topological polar surface area (TPSA) is 113 Å². The smallest absolute Gasteiger partial charge is 0.246 e. The van der Waals surface area contributed by atoms with Crippen LogP contribution in [0.2, 0.25) is 0 Å². The summed E-state index contributed by atoms with van der Waals surface area (Å²) >= 11 is 0. The highest BCUT2D eigenvalue weighted by Gasteiger charge is 2.54. The second-order valence-electron chi connectivity index (χ2n) is 8.00. The summed E-state index contributed by atoms with van der Waals surface area (Å²) < 4.78 is 1.55. The summed E-state index contributed by atoms with van der Waals surface area (Å²) in [6.45, 7) is 0.0118. The van der Waals surface area contributed by atoms with Crippen LogP contribution in [0.1, 0.15) is 31.4 Å². The zero-order valence-corrected chi connectivity index (χ0v) is 16.0. The van der Waals surface area contributed by atoms with Crippen LogP contribution in [0.25, 0.3) is 11.2 Å². The molecule has 3 aromatic rings. The Bertz CT molecular complexity index is 1120. The highest BCUT2D eigenvalue weighted by molar-refractivity contribution is 5.91. The van der Waals surface area contributed by atoms with Crippen molar-refractivity contribution in [1.82, 2.24) is 24.7 Å². The van der Waals surface area contributed by atoms with Crippen LogP contribution in [0.15, 0.2) is 30.7 Å². The number of anilines is 2. The molecule has 9 heteroatoms. The lowest BCUT2D eigenvalue weighted by Gasteiger charge is -2.42. The fraction of sp³-hybridized carbons (Fsp3) is 0.400. The molecule has 2 aliphatic carbocycles. The van der Waals surface area contributed by atoms with Crippen LogP contribution in [0, 0.1) is 16.7 Å². The van der Waals surface area contributed by atoms with Gasteiger partial charge >= 0.3 is 0 Å². The highest BCUT2D eigenvalue weighted by atomic mass is 16.2. The first-order valence-electron chi connectivity index (χ1n) is 9.63. The van der Waals surface area contributed by atoms with Crippen molar-refractivity contribution >= 4 is 28.6 Å². The van der Waals surface area contributed by atoms with E-state index in [4.69, 9.17) is 10.2 Å². The van der Waals surface area contributed by atoms with Crippen LogP contribution in [0.5, 0.6) is 0 Å². The number of nitrogens with one attached hydrogen (secondary N) is 1. The molecule has 1 N–H and O–H groups in total. The molecule has 0 unspecified atom stereocenters. The Morgan fingerprint density at radius 3 is 2.83 bits per heavy atom. The minimum absolute atomic E-state index is 0.0118. The van der Waals surface area contributed by atoms with Gasteiger partial charge in [0.2, 0.25) is 5.91 Å². The first-order valence-corrected chi connectivity index (χ1v) is 9.63. The maximum atomic E-state index is 12.4. The molecule has 0 aliphatic heterocycles. The molecule has 2 aliphatic rings. The molecule has 1 spiro atoms. The van der Waals surface area contributed by atoms with Gasteiger partial charge in [-0.05, 0) is 43.2 Å². The van der Waals surface area contributed by atoms with E-state index in [1.807, 2.05) is 6.07 Å². The number of nitriles is 1. The van der Waals surface area contributed by atoms with Crippen molar-refractivity contribution in [2.45, 2.75) is 38.3 Å². The fourth-order valence-electron chi connectivity index (χ4n) is 3.98. The van der Waals surface area contributed by atoms with Gasteiger partial charge in [0.25, 0.3) is 0 Å². The third kappa shape index (κ3) is 3.27. The van der Waals surface area contributed by atoms with Crippen molar-refractivity contribution in [2.75, 3.05) is 17.3 Å². The van der Waals surface area contributed by atoms with E-state index >= 15 is 0 Å². The summed E-state index contributed by atoms with van der Waals surface area (Å²) in [6, 6.07) is 5.65. The van der Waals surface area contributed by atoms with Gasteiger partial charge in [-0.25, -0.2) is 19.6 Å². The lowest BCUT2D eigenvalue weighted by Crippen LogP contribution is -2.44. The molecule has 146 valence electrons. The van der Waals surface area contributed by atoms with Gasteiger partial charge in [-0.15, -0.1) is 0 Å². The number of fused-ring (bicyclic) bond motifs is 1. The lowest BCUT2D eigenvalue weighted by atomic mass is 9.76. The van der Waals surface area contributed by atoms with Gasteiger partial charge in [0, 0.05) is 13.1 Å². The Morgan fingerprint density at radius 2 is 2.14 bits per heavy atom. The average Bonchev–Trinajstić information content (AvgIpc) is 3.43. The monoisotopic (exact) mass is 388 g/mol. The van der Waals surface area contributed by atoms with Gasteiger partial charge in [0.15, 0.2) is 5.65 Å². The third-order valence-corrected chi connectivity index (χ3v) is 5.99. The second kappa shape index (κ2) is 6.51. The minimum atomic E-state index is -0.253. The Kier molecular flexibility index (Phi) is 3.94. The van der Waals surface area contributed by atoms with Gasteiger partial charge in [-0.1, -0.05) is 0 Å². The van der Waals surface area contributed by atoms with Crippen molar-refractivity contribution < 1.29 is 4.79 Å². The quantitative estimate of drug-likeness (QED) is 0.712. The van der Waals surface area contributed by atoms with Crippen molar-refractivity contribution in [3.05, 3.63) is 36.4 Å². The highest BCUT2D eigenvalue weighted by Crippen LogP contribution is 2.61. The average molecular weight is 388 g/mol. The normalized spacial score (nSPS) is 17.0. The number of pyridine rings is 1. The number of nitrogens with zero attached hydrogens (tertiary/aromatic N) is 7. The summed E-state index contributed by atoms with van der Waals surface area (Å²) in [4.78, 5) is 27.7. The standard InChI is InChI=1S/C20H20N8O/c1-27(15-6-20(7-15)4-5-20)17-11-23-16-10-24-28(19(16)26-17)12-18(29)25-14-3-2-13(8-21)22-9-14/h2-3,9-11,15H,4-7,12H2,1H3,(H,25,29). The Morgan fingerprint density at radius 1 is 1.31 bits per heavy atom. The molecule has 5 rings (SSSR count). The molecule has 9 nitrogen and oxygen atoms in total. The summed E-state index contributed by atoms with van der Waals surface area (Å²) in [5, 5.41) is 15.8. The van der Waals surface area contributed by atoms with Crippen LogP contribution in [-0.2, 0) is 11.3 Å². The second-order valence-corrected chi connectivity index (χ2v) is 8.00. The predicted molar refractivity (Wildman–Crippen MR) is 106 cm³/mol. The zero-order valence-electron chi connectivity index (χ0n) is 16.0. The summed E-state index contributed by atoms with van der Waals surface area (Å²) in [7, 11) is 2.06. The molecule has 3 heterocycles. The number of hydrogen-bond donors (Lipinski definition) is 1. The molecule has 0 bridgehead atoms. The first-order chi connectivity index (χ1) is 14.0. The summed E-state index contributed by atoms with van der Waals surface area (Å²) in [5.74, 6) is 0.549. The molecule has 2 fully saturated rings. The van der Waals surface area contributed by atoms with Crippen molar-refractivity contribution in [1.29, 1.82) is 5.26 Å². The first kappa shape index (κ1) is 17.6.